The number of fused-ring (bicyclic) bond motifs is 1. The molecule has 6 nitrogen and oxygen atoms in total. The van der Waals surface area contributed by atoms with Crippen LogP contribution in [0.2, 0.25) is 0 Å². The van der Waals surface area contributed by atoms with Crippen molar-refractivity contribution < 1.29 is 31.5 Å². The molecule has 0 saturated carbocycles. The zero-order valence-electron chi connectivity index (χ0n) is 15.5. The van der Waals surface area contributed by atoms with Crippen LogP contribution in [0.5, 0.6) is 0 Å². The number of aryl methyl sites for hydroxylation is 3. The second kappa shape index (κ2) is 7.18. The lowest BCUT2D eigenvalue weighted by molar-refractivity contribution is -0.138. The monoisotopic (exact) mass is 426 g/mol. The van der Waals surface area contributed by atoms with Crippen LogP contribution in [0.1, 0.15) is 28.8 Å². The van der Waals surface area contributed by atoms with Gasteiger partial charge >= 0.3 is 12.1 Å². The maximum atomic E-state index is 13.3. The highest BCUT2D eigenvalue weighted by Crippen LogP contribution is 2.33. The predicted molar refractivity (Wildman–Crippen MR) is 99.2 cm³/mol. The smallest absolute Gasteiger partial charge is 0.417 e. The first-order chi connectivity index (χ1) is 13.4. The zero-order valence-corrected chi connectivity index (χ0v) is 16.3. The number of pyridine rings is 1. The fourth-order valence-electron chi connectivity index (χ4n) is 3.14. The van der Waals surface area contributed by atoms with Gasteiger partial charge in [-0.05, 0) is 55.7 Å². The van der Waals surface area contributed by atoms with Gasteiger partial charge in [-0.25, -0.2) is 17.4 Å². The Balaban J connectivity index is 2.28. The highest BCUT2D eigenvalue weighted by atomic mass is 32.2. The summed E-state index contributed by atoms with van der Waals surface area (Å²) in [5.74, 6) is -1.16. The van der Waals surface area contributed by atoms with E-state index < -0.39 is 27.7 Å². The molecule has 0 unspecified atom stereocenters. The van der Waals surface area contributed by atoms with Crippen LogP contribution in [-0.4, -0.2) is 28.5 Å². The second-order valence-electron chi connectivity index (χ2n) is 6.76. The summed E-state index contributed by atoms with van der Waals surface area (Å²) in [6.45, 7) is 3.44. The Morgan fingerprint density at radius 1 is 1.10 bits per heavy atom. The second-order valence-corrected chi connectivity index (χ2v) is 8.54. The van der Waals surface area contributed by atoms with E-state index in [1.165, 1.54) is 18.2 Å². The van der Waals surface area contributed by atoms with E-state index >= 15 is 0 Å². The first-order valence-corrected chi connectivity index (χ1v) is 9.97. The zero-order chi connectivity index (χ0) is 21.6. The molecule has 0 aliphatic heterocycles. The molecule has 1 N–H and O–H groups in total. The number of hydrogen-bond acceptors (Lipinski definition) is 4. The summed E-state index contributed by atoms with van der Waals surface area (Å²) in [4.78, 5) is 14.7. The number of rotatable bonds is 5. The molecule has 1 aromatic carbocycles. The lowest BCUT2D eigenvalue weighted by atomic mass is 10.2. The molecule has 0 bridgehead atoms. The number of carboxylic acids is 1. The number of aliphatic carboxylic acids is 1. The summed E-state index contributed by atoms with van der Waals surface area (Å²) in [6.07, 6.45) is -4.64. The molecule has 29 heavy (non-hydrogen) atoms. The third-order valence-corrected chi connectivity index (χ3v) is 6.05. The van der Waals surface area contributed by atoms with Crippen molar-refractivity contribution in [2.75, 3.05) is 0 Å². The fourth-order valence-corrected chi connectivity index (χ4v) is 4.86. The Morgan fingerprint density at radius 2 is 1.72 bits per heavy atom. The average molecular weight is 426 g/mol. The van der Waals surface area contributed by atoms with E-state index in [-0.39, 0.29) is 34.5 Å². The van der Waals surface area contributed by atoms with Crippen LogP contribution in [0.15, 0.2) is 41.4 Å². The van der Waals surface area contributed by atoms with Crippen LogP contribution in [0.4, 0.5) is 13.2 Å². The third-order valence-electron chi connectivity index (χ3n) is 4.33. The molecule has 3 aromatic rings. The van der Waals surface area contributed by atoms with Crippen molar-refractivity contribution in [1.29, 1.82) is 0 Å². The van der Waals surface area contributed by atoms with E-state index in [1.54, 1.807) is 19.9 Å². The molecule has 0 aliphatic carbocycles. The molecule has 2 heterocycles. The van der Waals surface area contributed by atoms with Crippen molar-refractivity contribution >= 4 is 27.0 Å². The van der Waals surface area contributed by atoms with Crippen molar-refractivity contribution in [3.8, 4) is 0 Å². The summed E-state index contributed by atoms with van der Waals surface area (Å²) in [6, 6.07) is 6.71. The van der Waals surface area contributed by atoms with Gasteiger partial charge in [0, 0.05) is 17.3 Å². The highest BCUT2D eigenvalue weighted by Gasteiger charge is 2.32. The highest BCUT2D eigenvalue weighted by molar-refractivity contribution is 7.90. The summed E-state index contributed by atoms with van der Waals surface area (Å²) in [7, 11) is -4.21. The van der Waals surface area contributed by atoms with E-state index in [0.717, 1.165) is 10.0 Å². The number of aromatic nitrogens is 2. The molecular weight excluding hydrogens is 409 g/mol. The Hall–Kier alpha value is -2.88. The molecule has 0 radical (unpaired) electrons. The summed E-state index contributed by atoms with van der Waals surface area (Å²) in [5.41, 5.74) is 0.237. The van der Waals surface area contributed by atoms with E-state index in [9.17, 15) is 26.4 Å². The third kappa shape index (κ3) is 4.12. The quantitative estimate of drug-likeness (QED) is 0.668. The van der Waals surface area contributed by atoms with Gasteiger partial charge in [0.25, 0.3) is 10.0 Å². The Morgan fingerprint density at radius 3 is 2.28 bits per heavy atom. The summed E-state index contributed by atoms with van der Waals surface area (Å²) < 4.78 is 66.5. The largest absolute Gasteiger partial charge is 0.481 e. The maximum absolute atomic E-state index is 13.3. The Labute approximate surface area is 164 Å². The molecule has 154 valence electrons. The topological polar surface area (TPSA) is 89.3 Å². The molecule has 0 aliphatic rings. The van der Waals surface area contributed by atoms with Gasteiger partial charge in [-0.2, -0.15) is 13.2 Å². The lowest BCUT2D eigenvalue weighted by Gasteiger charge is -2.13. The van der Waals surface area contributed by atoms with Gasteiger partial charge in [-0.3, -0.25) is 4.79 Å². The molecule has 3 rings (SSSR count). The van der Waals surface area contributed by atoms with Crippen molar-refractivity contribution in [3.63, 3.8) is 0 Å². The number of benzene rings is 1. The molecule has 0 fully saturated rings. The van der Waals surface area contributed by atoms with Gasteiger partial charge < -0.3 is 5.11 Å². The van der Waals surface area contributed by atoms with Crippen molar-refractivity contribution in [3.05, 3.63) is 58.9 Å². The standard InChI is InChI=1S/C19H17F3N2O4S/c1-11-5-12(2)7-16(6-11)29(27,28)24-15(3-4-17(25)26)9-13-8-14(19(20,21)22)10-23-18(13)24/h5-10H,3-4H2,1-2H3,(H,25,26). The van der Waals surface area contributed by atoms with Crippen molar-refractivity contribution in [2.45, 2.75) is 37.8 Å². The number of hydrogen-bond donors (Lipinski definition) is 1. The molecule has 0 atom stereocenters. The minimum absolute atomic E-state index is 0.0341. The maximum Gasteiger partial charge on any atom is 0.417 e. The number of carbonyl (C=O) groups is 1. The lowest BCUT2D eigenvalue weighted by Crippen LogP contribution is -2.17. The summed E-state index contributed by atoms with van der Waals surface area (Å²) in [5, 5.41) is 8.93. The predicted octanol–water partition coefficient (Wildman–Crippen LogP) is 3.93. The van der Waals surface area contributed by atoms with Gasteiger partial charge in [-0.1, -0.05) is 6.07 Å². The number of carboxylic acid groups (broad SMARTS) is 1. The van der Waals surface area contributed by atoms with E-state index in [0.29, 0.717) is 17.3 Å². The van der Waals surface area contributed by atoms with Crippen LogP contribution < -0.4 is 0 Å². The number of nitrogens with zero attached hydrogens (tertiary/aromatic N) is 2. The van der Waals surface area contributed by atoms with Gasteiger partial charge in [-0.15, -0.1) is 0 Å². The fraction of sp³-hybridized carbons (Fsp3) is 0.263. The molecule has 2 aromatic heterocycles. The van der Waals surface area contributed by atoms with E-state index in [2.05, 4.69) is 4.98 Å². The normalized spacial score (nSPS) is 12.4. The first kappa shape index (κ1) is 20.8. The van der Waals surface area contributed by atoms with E-state index in [4.69, 9.17) is 5.11 Å². The Bertz CT molecular complexity index is 1190. The van der Waals surface area contributed by atoms with Gasteiger partial charge in [0.15, 0.2) is 5.65 Å². The molecule has 10 heteroatoms. The van der Waals surface area contributed by atoms with E-state index in [1.807, 2.05) is 0 Å². The van der Waals surface area contributed by atoms with Gasteiger partial charge in [0.1, 0.15) is 0 Å². The van der Waals surface area contributed by atoms with Crippen LogP contribution in [-0.2, 0) is 27.4 Å². The summed E-state index contributed by atoms with van der Waals surface area (Å²) >= 11 is 0. The SMILES string of the molecule is Cc1cc(C)cc(S(=O)(=O)n2c(CCC(=O)O)cc3cc(C(F)(F)F)cnc32)c1. The number of halogens is 3. The molecular formula is C19H17F3N2O4S. The average Bonchev–Trinajstić information content (AvgIpc) is 2.96. The minimum atomic E-state index is -4.64. The Kier molecular flexibility index (Phi) is 5.16. The molecule has 0 amide bonds. The van der Waals surface area contributed by atoms with Gasteiger partial charge in [0.2, 0.25) is 0 Å². The molecule has 0 spiro atoms. The number of alkyl halides is 3. The van der Waals surface area contributed by atoms with Crippen LogP contribution >= 0.6 is 0 Å². The van der Waals surface area contributed by atoms with Crippen LogP contribution in [0, 0.1) is 13.8 Å². The first-order valence-electron chi connectivity index (χ1n) is 8.53. The molecule has 0 saturated heterocycles. The van der Waals surface area contributed by atoms with Gasteiger partial charge in [0.05, 0.1) is 16.9 Å². The van der Waals surface area contributed by atoms with Crippen molar-refractivity contribution in [2.24, 2.45) is 0 Å². The van der Waals surface area contributed by atoms with Crippen LogP contribution in [0.25, 0.3) is 11.0 Å². The van der Waals surface area contributed by atoms with Crippen LogP contribution in [0.3, 0.4) is 0 Å². The minimum Gasteiger partial charge on any atom is -0.481 e. The van der Waals surface area contributed by atoms with Crippen molar-refractivity contribution in [1.82, 2.24) is 8.96 Å².